The number of hydrogen-bond donors (Lipinski definition) is 2. The highest BCUT2D eigenvalue weighted by Gasteiger charge is 2.23. The number of nitrogens with one attached hydrogen (secondary N) is 1. The molecule has 5 aromatic heterocycles. The summed E-state index contributed by atoms with van der Waals surface area (Å²) in [4.78, 5) is 71.1. The molecule has 3 saturated heterocycles. The average molecular weight is 1290 g/mol. The van der Waals surface area contributed by atoms with Crippen LogP contribution in [0, 0.1) is 43.4 Å². The summed E-state index contributed by atoms with van der Waals surface area (Å²) in [5.74, 6) is 0.682. The predicted octanol–water partition coefficient (Wildman–Crippen LogP) is 8.16. The number of aryl methyl sites for hydroxylation is 3. The second-order valence-corrected chi connectivity index (χ2v) is 23.0. The van der Waals surface area contributed by atoms with Gasteiger partial charge < -0.3 is 33.8 Å². The predicted molar refractivity (Wildman–Crippen MR) is 326 cm³/mol. The first-order chi connectivity index (χ1) is 43.3. The van der Waals surface area contributed by atoms with Gasteiger partial charge in [-0.3, -0.25) is 32.7 Å². The Morgan fingerprint density at radius 3 is 1.56 bits per heavy atom. The summed E-state index contributed by atoms with van der Waals surface area (Å²) in [5, 5.41) is 40.2. The highest BCUT2D eigenvalue weighted by atomic mass is 35.5. The van der Waals surface area contributed by atoms with Crippen molar-refractivity contribution in [1.29, 1.82) is 10.5 Å². The molecule has 3 fully saturated rings. The lowest BCUT2D eigenvalue weighted by atomic mass is 10.2. The standard InChI is InChI=1S/C22H20ClN5O4.C17H20N2O5S.C12H8ClN3O2.C10H14N2O3/c1-14-21(32-18-9-15(11-24)8-16(23)10-18)22(30)27(13-25-14)12-17-5-6-19(29)28(26-17)20-4-2-3-7-31-20;1-13-5-8-15(9-6-13)25(21,22)24-12-14-7-10-16(20)19(18-14)17-4-2-3-11-23-17;1-7-11(12(17)16-6-15-7)18-10-3-8(5-14)2-9(13)4-10;13-7-8-4-5-9(14)12(11-8)10-3-1-2-6-15-10/h5-6,8-10,13,20H,2-4,7,12H2,1H3;5-10,17H,2-4,11-12H2,1H3;2-4,6H,1H3,(H,15,16,17);4-5,10,13H,1-3,6-7H2. The van der Waals surface area contributed by atoms with Crippen LogP contribution in [0.2, 0.25) is 10.0 Å². The average Bonchev–Trinajstić information content (AvgIpc) is 1.19. The number of aliphatic hydroxyl groups excluding tert-OH is 1. The van der Waals surface area contributed by atoms with Crippen LogP contribution in [0.1, 0.15) is 122 Å². The minimum absolute atomic E-state index is 0.0163. The minimum Gasteiger partial charge on any atom is -0.450 e. The molecule has 0 saturated carbocycles. The topological polar surface area (TPSA) is 343 Å². The Morgan fingerprint density at radius 2 is 1.08 bits per heavy atom. The number of halogens is 2. The Kier molecular flexibility index (Phi) is 23.7. The lowest BCUT2D eigenvalue weighted by molar-refractivity contribution is -0.0431. The molecule has 0 spiro atoms. The minimum atomic E-state index is -3.88. The molecular weight excluding hydrogens is 1230 g/mol. The van der Waals surface area contributed by atoms with E-state index in [1.54, 1.807) is 32.0 Å². The third kappa shape index (κ3) is 18.5. The zero-order valence-electron chi connectivity index (χ0n) is 49.1. The van der Waals surface area contributed by atoms with Gasteiger partial charge in [0, 0.05) is 48.1 Å². The fraction of sp³-hybridized carbons (Fsp3) is 0.344. The van der Waals surface area contributed by atoms with E-state index < -0.39 is 28.1 Å². The number of hydrogen-bond acceptors (Lipinski definition) is 21. The molecule has 8 heterocycles. The van der Waals surface area contributed by atoms with Crippen LogP contribution in [-0.2, 0) is 48.3 Å². The van der Waals surface area contributed by atoms with Crippen LogP contribution in [0.5, 0.6) is 23.0 Å². The van der Waals surface area contributed by atoms with Crippen molar-refractivity contribution >= 4 is 33.3 Å². The molecule has 90 heavy (non-hydrogen) atoms. The summed E-state index contributed by atoms with van der Waals surface area (Å²) in [7, 11) is -3.88. The number of benzene rings is 3. The van der Waals surface area contributed by atoms with E-state index in [2.05, 4.69) is 30.2 Å². The van der Waals surface area contributed by atoms with E-state index in [-0.39, 0.29) is 70.4 Å². The second-order valence-electron chi connectivity index (χ2n) is 20.5. The molecule has 470 valence electrons. The quantitative estimate of drug-likeness (QED) is 0.0969. The molecule has 3 aliphatic rings. The summed E-state index contributed by atoms with van der Waals surface area (Å²) < 4.78 is 62.7. The molecular formula is C61H62Cl2N12O14S. The molecule has 26 nitrogen and oxygen atoms in total. The molecule has 3 aliphatic heterocycles. The number of H-pyrrole nitrogens is 1. The van der Waals surface area contributed by atoms with Gasteiger partial charge in [0.1, 0.15) is 18.1 Å². The van der Waals surface area contributed by atoms with Gasteiger partial charge in [0.2, 0.25) is 11.5 Å². The zero-order valence-corrected chi connectivity index (χ0v) is 51.4. The SMILES string of the molecule is Cc1ccc(S(=O)(=O)OCc2ccc(=O)n(C3CCCCO3)n2)cc1.Cc1nc[nH]c(=O)c1Oc1cc(Cl)cc(C#N)c1.Cc1ncn(Cc2ccc(=O)n(C3CCCCO3)n2)c(=O)c1Oc1cc(Cl)cc(C#N)c1.O=c1ccc(CO)nn1C1CCCCO1. The van der Waals surface area contributed by atoms with Gasteiger partial charge in [-0.25, -0.2) is 24.0 Å². The van der Waals surface area contributed by atoms with E-state index in [4.69, 9.17) is 66.7 Å². The molecule has 0 bridgehead atoms. The molecule has 3 unspecified atom stereocenters. The highest BCUT2D eigenvalue weighted by Crippen LogP contribution is 2.28. The largest absolute Gasteiger partial charge is 0.450 e. The van der Waals surface area contributed by atoms with E-state index in [1.165, 1.54) is 110 Å². The highest BCUT2D eigenvalue weighted by molar-refractivity contribution is 7.86. The molecule has 0 amide bonds. The third-order valence-corrected chi connectivity index (χ3v) is 15.4. The van der Waals surface area contributed by atoms with Crippen LogP contribution in [0.3, 0.4) is 0 Å². The molecule has 3 aromatic carbocycles. The first-order valence-corrected chi connectivity index (χ1v) is 30.5. The molecule has 29 heteroatoms. The Morgan fingerprint density at radius 1 is 0.611 bits per heavy atom. The maximum atomic E-state index is 13.1. The summed E-state index contributed by atoms with van der Waals surface area (Å²) in [6.07, 6.45) is 9.76. The van der Waals surface area contributed by atoms with E-state index in [0.29, 0.717) is 88.1 Å². The number of nitrogens with zero attached hydrogens (tertiary/aromatic N) is 11. The van der Waals surface area contributed by atoms with E-state index in [9.17, 15) is 32.4 Å². The van der Waals surface area contributed by atoms with Crippen molar-refractivity contribution in [3.05, 3.63) is 217 Å². The summed E-state index contributed by atoms with van der Waals surface area (Å²) in [6, 6.07) is 28.1. The molecule has 11 rings (SSSR count). The number of nitriles is 2. The summed E-state index contributed by atoms with van der Waals surface area (Å²) >= 11 is 11.9. The van der Waals surface area contributed by atoms with Crippen molar-refractivity contribution < 1.29 is 41.4 Å². The van der Waals surface area contributed by atoms with Gasteiger partial charge in [-0.1, -0.05) is 40.9 Å². The van der Waals surface area contributed by atoms with Gasteiger partial charge in [0.25, 0.3) is 37.9 Å². The van der Waals surface area contributed by atoms with Crippen LogP contribution in [0.15, 0.2) is 139 Å². The maximum Gasteiger partial charge on any atom is 0.297 e. The van der Waals surface area contributed by atoms with E-state index in [1.807, 2.05) is 19.1 Å². The van der Waals surface area contributed by atoms with E-state index >= 15 is 0 Å². The first-order valence-electron chi connectivity index (χ1n) is 28.4. The number of aliphatic hydroxyl groups is 1. The van der Waals surface area contributed by atoms with Gasteiger partial charge in [0.05, 0.1) is 82.4 Å². The number of aromatic amines is 1. The van der Waals surface area contributed by atoms with Crippen LogP contribution in [-0.4, -0.2) is 82.2 Å². The van der Waals surface area contributed by atoms with Crippen LogP contribution < -0.4 is 37.3 Å². The van der Waals surface area contributed by atoms with Crippen molar-refractivity contribution in [2.24, 2.45) is 0 Å². The fourth-order valence-electron chi connectivity index (χ4n) is 9.08. The number of aromatic nitrogens is 10. The van der Waals surface area contributed by atoms with Crippen molar-refractivity contribution in [2.45, 2.75) is 122 Å². The lowest BCUT2D eigenvalue weighted by Crippen LogP contribution is -2.32. The maximum absolute atomic E-state index is 13.1. The molecule has 0 radical (unpaired) electrons. The first kappa shape index (κ1) is 66.9. The van der Waals surface area contributed by atoms with Crippen molar-refractivity contribution in [3.63, 3.8) is 0 Å². The van der Waals surface area contributed by atoms with Gasteiger partial charge in [-0.15, -0.1) is 0 Å². The Labute approximate surface area is 525 Å². The zero-order chi connectivity index (χ0) is 64.3. The van der Waals surface area contributed by atoms with Crippen molar-refractivity contribution in [1.82, 2.24) is 48.9 Å². The Balaban J connectivity index is 0.000000161. The van der Waals surface area contributed by atoms with Gasteiger partial charge in [-0.05, 0) is 145 Å². The van der Waals surface area contributed by atoms with Crippen LogP contribution in [0.25, 0.3) is 0 Å². The fourth-order valence-corrected chi connectivity index (χ4v) is 10.4. The van der Waals surface area contributed by atoms with Crippen molar-refractivity contribution in [2.75, 3.05) is 19.8 Å². The molecule has 8 aromatic rings. The normalized spacial score (nSPS) is 16.2. The van der Waals surface area contributed by atoms with Crippen LogP contribution in [0.4, 0.5) is 0 Å². The Bertz CT molecular complexity index is 4320. The lowest BCUT2D eigenvalue weighted by Gasteiger charge is -2.23. The number of ether oxygens (including phenoxy) is 5. The van der Waals surface area contributed by atoms with Gasteiger partial charge in [0.15, 0.2) is 18.7 Å². The van der Waals surface area contributed by atoms with Gasteiger partial charge in [-0.2, -0.15) is 34.2 Å². The molecule has 0 aliphatic carbocycles. The molecule has 2 N–H and O–H groups in total. The smallest absolute Gasteiger partial charge is 0.297 e. The molecule has 3 atom stereocenters. The van der Waals surface area contributed by atoms with E-state index in [0.717, 1.165) is 50.5 Å². The Hall–Kier alpha value is -9.03. The van der Waals surface area contributed by atoms with Crippen LogP contribution >= 0.6 is 23.2 Å². The monoisotopic (exact) mass is 1290 g/mol. The number of rotatable bonds is 14. The summed E-state index contributed by atoms with van der Waals surface area (Å²) in [6.45, 7) is 6.70. The third-order valence-electron chi connectivity index (χ3n) is 13.7. The van der Waals surface area contributed by atoms with Gasteiger partial charge >= 0.3 is 0 Å². The second kappa shape index (κ2) is 31.9. The summed E-state index contributed by atoms with van der Waals surface area (Å²) in [5.41, 5.74) is 2.28. The van der Waals surface area contributed by atoms with Crippen molar-refractivity contribution in [3.8, 4) is 35.1 Å².